The van der Waals surface area contributed by atoms with Crippen LogP contribution in [0.2, 0.25) is 0 Å². The van der Waals surface area contributed by atoms with Crippen molar-refractivity contribution in [2.75, 3.05) is 7.05 Å². The zero-order chi connectivity index (χ0) is 22.2. The van der Waals surface area contributed by atoms with Crippen molar-refractivity contribution in [2.45, 2.75) is 19.5 Å². The average molecular weight is 425 g/mol. The van der Waals surface area contributed by atoms with Crippen molar-refractivity contribution in [3.05, 3.63) is 81.0 Å². The van der Waals surface area contributed by atoms with Crippen LogP contribution in [0.3, 0.4) is 0 Å². The van der Waals surface area contributed by atoms with Gasteiger partial charge in [-0.05, 0) is 41.6 Å². The average Bonchev–Trinajstić information content (AvgIpc) is 2.71. The number of benzene rings is 2. The van der Waals surface area contributed by atoms with Gasteiger partial charge in [0.2, 0.25) is 0 Å². The van der Waals surface area contributed by atoms with E-state index in [4.69, 9.17) is 0 Å². The van der Waals surface area contributed by atoms with Gasteiger partial charge < -0.3 is 15.2 Å². The highest BCUT2D eigenvalue weighted by atomic mass is 19.2. The molecule has 5 nitrogen and oxygen atoms in total. The van der Waals surface area contributed by atoms with E-state index in [1.54, 1.807) is 6.92 Å². The van der Waals surface area contributed by atoms with E-state index in [9.17, 15) is 31.5 Å². The third kappa shape index (κ3) is 3.85. The van der Waals surface area contributed by atoms with Gasteiger partial charge in [0, 0.05) is 19.8 Å². The number of hydrogen-bond donors (Lipinski definition) is 2. The summed E-state index contributed by atoms with van der Waals surface area (Å²) in [5.74, 6) is -6.84. The number of H-pyrrole nitrogens is 1. The molecular formula is C20H16F5N3O2. The topological polar surface area (TPSA) is 65.2 Å². The van der Waals surface area contributed by atoms with E-state index in [1.807, 2.05) is 0 Å². The summed E-state index contributed by atoms with van der Waals surface area (Å²) < 4.78 is 67.2. The van der Waals surface area contributed by atoms with Gasteiger partial charge in [0.05, 0.1) is 11.4 Å². The van der Waals surface area contributed by atoms with Gasteiger partial charge in [-0.15, -0.1) is 0 Å². The Hall–Kier alpha value is -3.43. The molecule has 0 saturated carbocycles. The number of urea groups is 1. The van der Waals surface area contributed by atoms with Crippen molar-refractivity contribution >= 4 is 16.8 Å². The number of carbonyl (C=O) groups is 1. The first kappa shape index (κ1) is 21.3. The quantitative estimate of drug-likeness (QED) is 0.488. The Kier molecular flexibility index (Phi) is 5.77. The van der Waals surface area contributed by atoms with Crippen LogP contribution in [-0.4, -0.2) is 23.0 Å². The van der Waals surface area contributed by atoms with E-state index >= 15 is 0 Å². The summed E-state index contributed by atoms with van der Waals surface area (Å²) in [5.41, 5.74) is -0.460. The van der Waals surface area contributed by atoms with Crippen molar-refractivity contribution in [3.8, 4) is 0 Å². The molecule has 10 heteroatoms. The fourth-order valence-electron chi connectivity index (χ4n) is 3.05. The van der Waals surface area contributed by atoms with E-state index in [0.717, 1.165) is 18.2 Å². The summed E-state index contributed by atoms with van der Waals surface area (Å²) in [7, 11) is 1.41. The highest BCUT2D eigenvalue weighted by molar-refractivity contribution is 5.86. The lowest BCUT2D eigenvalue weighted by Crippen LogP contribution is -2.38. The summed E-state index contributed by atoms with van der Waals surface area (Å²) in [4.78, 5) is 27.9. The number of halogens is 5. The molecule has 1 aromatic heterocycles. The molecule has 2 aromatic carbocycles. The molecule has 0 aliphatic carbocycles. The first-order valence-electron chi connectivity index (χ1n) is 8.75. The molecule has 0 aliphatic heterocycles. The van der Waals surface area contributed by atoms with E-state index in [-0.39, 0.29) is 17.5 Å². The molecule has 0 fully saturated rings. The van der Waals surface area contributed by atoms with Crippen molar-refractivity contribution in [3.63, 3.8) is 0 Å². The normalized spacial score (nSPS) is 12.1. The molecule has 30 heavy (non-hydrogen) atoms. The molecule has 0 aliphatic rings. The first-order valence-corrected chi connectivity index (χ1v) is 8.75. The SMILES string of the molecule is C[C@@H](c1c[nH]c(=O)c2c(F)c(F)ccc12)N(C)C(=O)NCc1cc(F)c(F)c(F)c1. The minimum Gasteiger partial charge on any atom is -0.334 e. The second-order valence-electron chi connectivity index (χ2n) is 6.68. The third-order valence-corrected chi connectivity index (χ3v) is 4.83. The second-order valence-corrected chi connectivity index (χ2v) is 6.68. The molecule has 1 atom stereocenters. The van der Waals surface area contributed by atoms with Crippen molar-refractivity contribution in [1.29, 1.82) is 0 Å². The zero-order valence-corrected chi connectivity index (χ0v) is 15.8. The molecule has 0 unspecified atom stereocenters. The van der Waals surface area contributed by atoms with Gasteiger partial charge in [-0.25, -0.2) is 26.7 Å². The Morgan fingerprint density at radius 1 is 1.07 bits per heavy atom. The molecule has 0 radical (unpaired) electrons. The van der Waals surface area contributed by atoms with Crippen LogP contribution >= 0.6 is 0 Å². The molecule has 2 amide bonds. The van der Waals surface area contributed by atoms with Gasteiger partial charge >= 0.3 is 6.03 Å². The molecule has 2 N–H and O–H groups in total. The van der Waals surface area contributed by atoms with Crippen LogP contribution in [0, 0.1) is 29.1 Å². The fraction of sp³-hybridized carbons (Fsp3) is 0.200. The summed E-state index contributed by atoms with van der Waals surface area (Å²) >= 11 is 0. The predicted octanol–water partition coefficient (Wildman–Crippen LogP) is 4.13. The largest absolute Gasteiger partial charge is 0.334 e. The number of nitrogens with zero attached hydrogens (tertiary/aromatic N) is 1. The highest BCUT2D eigenvalue weighted by Crippen LogP contribution is 2.27. The summed E-state index contributed by atoms with van der Waals surface area (Å²) in [6.07, 6.45) is 1.29. The summed E-state index contributed by atoms with van der Waals surface area (Å²) in [6, 6.07) is 2.28. The van der Waals surface area contributed by atoms with E-state index in [0.29, 0.717) is 5.56 Å². The van der Waals surface area contributed by atoms with Crippen LogP contribution in [0.25, 0.3) is 10.8 Å². The number of aromatic amines is 1. The van der Waals surface area contributed by atoms with Crippen LogP contribution < -0.4 is 10.9 Å². The monoisotopic (exact) mass is 425 g/mol. The number of nitrogens with one attached hydrogen (secondary N) is 2. The van der Waals surface area contributed by atoms with Crippen LogP contribution in [-0.2, 0) is 6.54 Å². The minimum absolute atomic E-state index is 0.00726. The number of pyridine rings is 1. The van der Waals surface area contributed by atoms with Crippen molar-refractivity contribution in [1.82, 2.24) is 15.2 Å². The maximum atomic E-state index is 14.1. The number of hydrogen-bond acceptors (Lipinski definition) is 2. The molecular weight excluding hydrogens is 409 g/mol. The minimum atomic E-state index is -1.61. The Balaban J connectivity index is 1.83. The smallest absolute Gasteiger partial charge is 0.317 e. The molecule has 1 heterocycles. The zero-order valence-electron chi connectivity index (χ0n) is 15.8. The van der Waals surface area contributed by atoms with E-state index in [1.165, 1.54) is 24.2 Å². The van der Waals surface area contributed by atoms with Gasteiger partial charge in [0.1, 0.15) is 0 Å². The van der Waals surface area contributed by atoms with Crippen LogP contribution in [0.15, 0.2) is 35.3 Å². The maximum absolute atomic E-state index is 14.1. The molecule has 158 valence electrons. The van der Waals surface area contributed by atoms with E-state index < -0.39 is 52.1 Å². The Labute approximate surface area is 167 Å². The molecule has 0 bridgehead atoms. The molecule has 3 rings (SSSR count). The Morgan fingerprint density at radius 2 is 1.70 bits per heavy atom. The van der Waals surface area contributed by atoms with Gasteiger partial charge in [-0.3, -0.25) is 4.79 Å². The van der Waals surface area contributed by atoms with Crippen LogP contribution in [0.1, 0.15) is 24.1 Å². The van der Waals surface area contributed by atoms with Gasteiger partial charge in [0.25, 0.3) is 5.56 Å². The standard InChI is InChI=1S/C20H16F5N3O2/c1-9(12-8-26-19(29)16-11(12)3-4-13(21)18(16)25)28(2)20(30)27-7-10-5-14(22)17(24)15(23)6-10/h3-6,8-9H,7H2,1-2H3,(H,26,29)(H,27,30)/t9-/m0/s1. The lowest BCUT2D eigenvalue weighted by Gasteiger charge is -2.26. The fourth-order valence-corrected chi connectivity index (χ4v) is 3.05. The van der Waals surface area contributed by atoms with Crippen LogP contribution in [0.4, 0.5) is 26.7 Å². The van der Waals surface area contributed by atoms with Crippen molar-refractivity contribution < 1.29 is 26.7 Å². The third-order valence-electron chi connectivity index (χ3n) is 4.83. The molecule has 0 spiro atoms. The Morgan fingerprint density at radius 3 is 2.33 bits per heavy atom. The van der Waals surface area contributed by atoms with E-state index in [2.05, 4.69) is 10.3 Å². The lowest BCUT2D eigenvalue weighted by molar-refractivity contribution is 0.194. The number of carbonyl (C=O) groups excluding carboxylic acids is 1. The van der Waals surface area contributed by atoms with Gasteiger partial charge in [0.15, 0.2) is 29.1 Å². The van der Waals surface area contributed by atoms with Crippen molar-refractivity contribution in [2.24, 2.45) is 0 Å². The predicted molar refractivity (Wildman–Crippen MR) is 99.2 cm³/mol. The first-order chi connectivity index (χ1) is 14.1. The number of fused-ring (bicyclic) bond motifs is 1. The van der Waals surface area contributed by atoms with Gasteiger partial charge in [-0.1, -0.05) is 6.07 Å². The second kappa shape index (κ2) is 8.13. The summed E-state index contributed by atoms with van der Waals surface area (Å²) in [6.45, 7) is 1.31. The summed E-state index contributed by atoms with van der Waals surface area (Å²) in [5, 5.41) is 2.09. The van der Waals surface area contributed by atoms with Crippen LogP contribution in [0.5, 0.6) is 0 Å². The molecule has 0 saturated heterocycles. The number of rotatable bonds is 4. The maximum Gasteiger partial charge on any atom is 0.317 e. The Bertz CT molecular complexity index is 1170. The number of aromatic nitrogens is 1. The van der Waals surface area contributed by atoms with Gasteiger partial charge in [-0.2, -0.15) is 0 Å². The lowest BCUT2D eigenvalue weighted by atomic mass is 10.0. The number of amides is 2. The highest BCUT2D eigenvalue weighted by Gasteiger charge is 2.22. The molecule has 3 aromatic rings.